The zero-order chi connectivity index (χ0) is 13.7. The maximum atomic E-state index is 3.57. The first-order valence-electron chi connectivity index (χ1n) is 7.02. The predicted octanol–water partition coefficient (Wildman–Crippen LogP) is 3.38. The summed E-state index contributed by atoms with van der Waals surface area (Å²) in [7, 11) is 2.24. The van der Waals surface area contributed by atoms with Gasteiger partial charge in [0.15, 0.2) is 0 Å². The standard InChI is InChI=1S/C15H34N2/c1-9-15(6,7)17(8)12-14(4,5)11-16-10-13(2)3/h13,16H,9-12H2,1-8H3. The summed E-state index contributed by atoms with van der Waals surface area (Å²) in [5, 5.41) is 3.57. The highest BCUT2D eigenvalue weighted by Crippen LogP contribution is 2.23. The number of rotatable bonds is 8. The maximum Gasteiger partial charge on any atom is 0.0147 e. The Kier molecular flexibility index (Phi) is 6.71. The van der Waals surface area contributed by atoms with E-state index in [1.807, 2.05) is 0 Å². The summed E-state index contributed by atoms with van der Waals surface area (Å²) < 4.78 is 0. The number of nitrogens with one attached hydrogen (secondary N) is 1. The first-order chi connectivity index (χ1) is 7.60. The molecule has 0 aromatic rings. The van der Waals surface area contributed by atoms with Crippen LogP contribution >= 0.6 is 0 Å². The van der Waals surface area contributed by atoms with Gasteiger partial charge in [0.2, 0.25) is 0 Å². The van der Waals surface area contributed by atoms with Crippen LogP contribution in [0.15, 0.2) is 0 Å². The highest BCUT2D eigenvalue weighted by Gasteiger charge is 2.27. The average Bonchev–Trinajstić information content (AvgIpc) is 2.15. The molecule has 2 nitrogen and oxygen atoms in total. The molecule has 104 valence electrons. The SMILES string of the molecule is CCC(C)(C)N(C)CC(C)(C)CNCC(C)C. The Morgan fingerprint density at radius 3 is 2.06 bits per heavy atom. The van der Waals surface area contributed by atoms with Gasteiger partial charge in [-0.2, -0.15) is 0 Å². The lowest BCUT2D eigenvalue weighted by Gasteiger charge is -2.40. The van der Waals surface area contributed by atoms with E-state index in [9.17, 15) is 0 Å². The summed E-state index contributed by atoms with van der Waals surface area (Å²) in [5.74, 6) is 0.732. The van der Waals surface area contributed by atoms with Crippen LogP contribution in [0, 0.1) is 11.3 Å². The highest BCUT2D eigenvalue weighted by atomic mass is 15.2. The van der Waals surface area contributed by atoms with Crippen molar-refractivity contribution in [2.75, 3.05) is 26.7 Å². The van der Waals surface area contributed by atoms with Crippen molar-refractivity contribution in [2.24, 2.45) is 11.3 Å². The molecule has 1 N–H and O–H groups in total. The normalized spacial score (nSPS) is 13.8. The Labute approximate surface area is 109 Å². The van der Waals surface area contributed by atoms with Crippen LogP contribution in [0.3, 0.4) is 0 Å². The molecular formula is C15H34N2. The van der Waals surface area contributed by atoms with Gasteiger partial charge in [0.05, 0.1) is 0 Å². The molecule has 0 heterocycles. The molecule has 0 aromatic carbocycles. The lowest BCUT2D eigenvalue weighted by molar-refractivity contribution is 0.0970. The van der Waals surface area contributed by atoms with Crippen molar-refractivity contribution in [3.63, 3.8) is 0 Å². The van der Waals surface area contributed by atoms with E-state index in [1.54, 1.807) is 0 Å². The fourth-order valence-corrected chi connectivity index (χ4v) is 1.88. The topological polar surface area (TPSA) is 15.3 Å². The third-order valence-corrected chi connectivity index (χ3v) is 3.72. The smallest absolute Gasteiger partial charge is 0.0147 e. The summed E-state index contributed by atoms with van der Waals surface area (Å²) in [5.41, 5.74) is 0.630. The van der Waals surface area contributed by atoms with Gasteiger partial charge in [-0.15, -0.1) is 0 Å². The molecule has 0 rings (SSSR count). The van der Waals surface area contributed by atoms with Crippen molar-refractivity contribution in [2.45, 2.75) is 60.4 Å². The van der Waals surface area contributed by atoms with E-state index in [1.165, 1.54) is 6.42 Å². The highest BCUT2D eigenvalue weighted by molar-refractivity contribution is 4.83. The quantitative estimate of drug-likeness (QED) is 0.702. The fraction of sp³-hybridized carbons (Fsp3) is 1.00. The molecular weight excluding hydrogens is 208 g/mol. The molecule has 0 saturated heterocycles. The molecule has 2 heteroatoms. The summed E-state index contributed by atoms with van der Waals surface area (Å²) in [6.45, 7) is 19.5. The maximum absolute atomic E-state index is 3.57. The van der Waals surface area contributed by atoms with Gasteiger partial charge in [0, 0.05) is 18.6 Å². The lowest BCUT2D eigenvalue weighted by atomic mass is 9.89. The van der Waals surface area contributed by atoms with Crippen molar-refractivity contribution in [3.05, 3.63) is 0 Å². The van der Waals surface area contributed by atoms with Crippen LogP contribution in [0.5, 0.6) is 0 Å². The molecule has 0 radical (unpaired) electrons. The van der Waals surface area contributed by atoms with Crippen LogP contribution in [0.25, 0.3) is 0 Å². The first kappa shape index (κ1) is 16.9. The van der Waals surface area contributed by atoms with Crippen molar-refractivity contribution in [1.29, 1.82) is 0 Å². The Hall–Kier alpha value is -0.0800. The van der Waals surface area contributed by atoms with E-state index in [0.29, 0.717) is 11.0 Å². The Morgan fingerprint density at radius 2 is 1.65 bits per heavy atom. The molecule has 0 bridgehead atoms. The van der Waals surface area contributed by atoms with Crippen LogP contribution in [0.4, 0.5) is 0 Å². The summed E-state index contributed by atoms with van der Waals surface area (Å²) >= 11 is 0. The van der Waals surface area contributed by atoms with Crippen molar-refractivity contribution >= 4 is 0 Å². The van der Waals surface area contributed by atoms with E-state index in [2.05, 4.69) is 65.7 Å². The van der Waals surface area contributed by atoms with Crippen LogP contribution in [-0.2, 0) is 0 Å². The third kappa shape index (κ3) is 7.05. The fourth-order valence-electron chi connectivity index (χ4n) is 1.88. The van der Waals surface area contributed by atoms with E-state index in [0.717, 1.165) is 25.6 Å². The van der Waals surface area contributed by atoms with E-state index in [4.69, 9.17) is 0 Å². The zero-order valence-corrected chi connectivity index (χ0v) is 13.4. The molecule has 0 amide bonds. The number of nitrogens with zero attached hydrogens (tertiary/aromatic N) is 1. The summed E-state index contributed by atoms with van der Waals surface area (Å²) in [4.78, 5) is 2.49. The predicted molar refractivity (Wildman–Crippen MR) is 78.5 cm³/mol. The minimum atomic E-state index is 0.301. The molecule has 0 aromatic heterocycles. The van der Waals surface area contributed by atoms with Gasteiger partial charge in [0.25, 0.3) is 0 Å². The molecule has 0 atom stereocenters. The van der Waals surface area contributed by atoms with Gasteiger partial charge in [-0.05, 0) is 45.2 Å². The largest absolute Gasteiger partial charge is 0.316 e. The minimum absolute atomic E-state index is 0.301. The summed E-state index contributed by atoms with van der Waals surface area (Å²) in [6, 6.07) is 0. The third-order valence-electron chi connectivity index (χ3n) is 3.72. The lowest BCUT2D eigenvalue weighted by Crippen LogP contribution is -2.48. The number of hydrogen-bond acceptors (Lipinski definition) is 2. The van der Waals surface area contributed by atoms with E-state index in [-0.39, 0.29) is 0 Å². The van der Waals surface area contributed by atoms with Gasteiger partial charge in [-0.25, -0.2) is 0 Å². The number of hydrogen-bond donors (Lipinski definition) is 1. The second-order valence-electron chi connectivity index (χ2n) is 7.21. The monoisotopic (exact) mass is 242 g/mol. The van der Waals surface area contributed by atoms with Gasteiger partial charge in [-0.3, -0.25) is 0 Å². The molecule has 0 aliphatic rings. The molecule has 0 aliphatic heterocycles. The van der Waals surface area contributed by atoms with Crippen molar-refractivity contribution in [1.82, 2.24) is 10.2 Å². The van der Waals surface area contributed by atoms with Crippen LogP contribution in [0.2, 0.25) is 0 Å². The van der Waals surface area contributed by atoms with Gasteiger partial charge in [-0.1, -0.05) is 34.6 Å². The second kappa shape index (κ2) is 6.75. The Balaban J connectivity index is 4.15. The molecule has 0 spiro atoms. The van der Waals surface area contributed by atoms with E-state index >= 15 is 0 Å². The Morgan fingerprint density at radius 1 is 1.12 bits per heavy atom. The van der Waals surface area contributed by atoms with Crippen LogP contribution in [-0.4, -0.2) is 37.1 Å². The van der Waals surface area contributed by atoms with Crippen molar-refractivity contribution < 1.29 is 0 Å². The van der Waals surface area contributed by atoms with Crippen molar-refractivity contribution in [3.8, 4) is 0 Å². The molecule has 0 aliphatic carbocycles. The van der Waals surface area contributed by atoms with Gasteiger partial charge in [0.1, 0.15) is 0 Å². The molecule has 0 fully saturated rings. The first-order valence-corrected chi connectivity index (χ1v) is 7.02. The van der Waals surface area contributed by atoms with Crippen LogP contribution < -0.4 is 5.32 Å². The Bertz CT molecular complexity index is 207. The summed E-state index contributed by atoms with van der Waals surface area (Å²) in [6.07, 6.45) is 1.19. The molecule has 0 saturated carbocycles. The molecule has 17 heavy (non-hydrogen) atoms. The van der Waals surface area contributed by atoms with E-state index < -0.39 is 0 Å². The average molecular weight is 242 g/mol. The minimum Gasteiger partial charge on any atom is -0.316 e. The van der Waals surface area contributed by atoms with Gasteiger partial charge >= 0.3 is 0 Å². The molecule has 0 unspecified atom stereocenters. The zero-order valence-electron chi connectivity index (χ0n) is 13.4. The second-order valence-corrected chi connectivity index (χ2v) is 7.21. The van der Waals surface area contributed by atoms with Gasteiger partial charge < -0.3 is 10.2 Å². The van der Waals surface area contributed by atoms with Crippen LogP contribution in [0.1, 0.15) is 54.9 Å².